The summed E-state index contributed by atoms with van der Waals surface area (Å²) in [5, 5.41) is 2.44. The lowest BCUT2D eigenvalue weighted by Gasteiger charge is -2.33. The van der Waals surface area contributed by atoms with Gasteiger partial charge in [0.05, 0.1) is 0 Å². The summed E-state index contributed by atoms with van der Waals surface area (Å²) < 4.78 is 5.50. The van der Waals surface area contributed by atoms with Gasteiger partial charge in [0.1, 0.15) is 5.60 Å². The van der Waals surface area contributed by atoms with Crippen molar-refractivity contribution < 1.29 is 9.53 Å². The van der Waals surface area contributed by atoms with Crippen LogP contribution >= 0.6 is 0 Å². The van der Waals surface area contributed by atoms with Crippen LogP contribution in [0.2, 0.25) is 0 Å². The Hall–Kier alpha value is -2.88. The molecule has 1 aliphatic rings. The minimum Gasteiger partial charge on any atom is -0.444 e. The molecule has 1 amide bonds. The van der Waals surface area contributed by atoms with Gasteiger partial charge < -0.3 is 9.64 Å². The van der Waals surface area contributed by atoms with Crippen molar-refractivity contribution in [2.75, 3.05) is 13.1 Å². The third-order valence-corrected chi connectivity index (χ3v) is 6.04. The fourth-order valence-corrected chi connectivity index (χ4v) is 4.32. The number of rotatable bonds is 3. The molecular weight excluding hydrogens is 384 g/mol. The molecule has 1 aliphatic heterocycles. The van der Waals surface area contributed by atoms with E-state index in [1.54, 1.807) is 0 Å². The van der Waals surface area contributed by atoms with Gasteiger partial charge in [0.2, 0.25) is 0 Å². The molecule has 0 saturated carbocycles. The topological polar surface area (TPSA) is 42.4 Å². The van der Waals surface area contributed by atoms with Gasteiger partial charge in [-0.3, -0.25) is 4.98 Å². The molecule has 0 radical (unpaired) electrons. The highest BCUT2D eigenvalue weighted by molar-refractivity contribution is 5.88. The Bertz CT molecular complexity index is 1060. The Morgan fingerprint density at radius 2 is 1.71 bits per heavy atom. The second-order valence-electron chi connectivity index (χ2n) is 9.64. The first-order valence-corrected chi connectivity index (χ1v) is 11.2. The Morgan fingerprint density at radius 3 is 2.39 bits per heavy atom. The molecule has 4 heteroatoms. The summed E-state index contributed by atoms with van der Waals surface area (Å²) in [5.74, 6) is 0.612. The monoisotopic (exact) mass is 416 g/mol. The first-order valence-electron chi connectivity index (χ1n) is 11.2. The van der Waals surface area contributed by atoms with E-state index in [4.69, 9.17) is 4.74 Å². The maximum atomic E-state index is 12.3. The molecule has 2 heterocycles. The molecule has 3 aromatic rings. The molecule has 0 N–H and O–H groups in total. The van der Waals surface area contributed by atoms with Gasteiger partial charge in [-0.1, -0.05) is 36.4 Å². The largest absolute Gasteiger partial charge is 0.444 e. The molecule has 0 aliphatic carbocycles. The van der Waals surface area contributed by atoms with Crippen molar-refractivity contribution in [1.29, 1.82) is 0 Å². The number of benzene rings is 2. The number of hydrogen-bond donors (Lipinski definition) is 0. The lowest BCUT2D eigenvalue weighted by Crippen LogP contribution is -2.42. The highest BCUT2D eigenvalue weighted by Gasteiger charge is 2.26. The Balaban J connectivity index is 1.36. The van der Waals surface area contributed by atoms with E-state index >= 15 is 0 Å². The minimum absolute atomic E-state index is 0.184. The van der Waals surface area contributed by atoms with Crippen LogP contribution in [0.15, 0.2) is 54.7 Å². The van der Waals surface area contributed by atoms with Gasteiger partial charge >= 0.3 is 6.09 Å². The Labute approximate surface area is 185 Å². The SMILES string of the molecule is Cc1nccc2cc(-c3ccc(CC4CCN(C(=O)OC(C)(C)C)CC4)cc3)ccc12. The van der Waals surface area contributed by atoms with Crippen LogP contribution in [0.5, 0.6) is 0 Å². The van der Waals surface area contributed by atoms with Crippen LogP contribution in [0.1, 0.15) is 44.9 Å². The fourth-order valence-electron chi connectivity index (χ4n) is 4.32. The highest BCUT2D eigenvalue weighted by Crippen LogP contribution is 2.28. The van der Waals surface area contributed by atoms with Crippen molar-refractivity contribution in [3.05, 3.63) is 66.0 Å². The van der Waals surface area contributed by atoms with Gasteiger partial charge in [-0.05, 0) is 87.1 Å². The van der Waals surface area contributed by atoms with Crippen LogP contribution in [0.25, 0.3) is 21.9 Å². The highest BCUT2D eigenvalue weighted by atomic mass is 16.6. The summed E-state index contributed by atoms with van der Waals surface area (Å²) in [7, 11) is 0. The summed E-state index contributed by atoms with van der Waals surface area (Å²) in [6.07, 6.45) is 4.80. The van der Waals surface area contributed by atoms with Crippen molar-refractivity contribution in [2.24, 2.45) is 5.92 Å². The van der Waals surface area contributed by atoms with E-state index in [1.807, 2.05) is 31.9 Å². The fraction of sp³-hybridized carbons (Fsp3) is 0.407. The molecule has 162 valence electrons. The van der Waals surface area contributed by atoms with Crippen LogP contribution in [0, 0.1) is 12.8 Å². The number of hydrogen-bond acceptors (Lipinski definition) is 3. The van der Waals surface area contributed by atoms with Crippen LogP contribution in [0.4, 0.5) is 4.79 Å². The molecule has 0 spiro atoms. The van der Waals surface area contributed by atoms with E-state index in [2.05, 4.69) is 60.4 Å². The van der Waals surface area contributed by atoms with Crippen LogP contribution < -0.4 is 0 Å². The summed E-state index contributed by atoms with van der Waals surface area (Å²) in [6, 6.07) is 17.6. The normalized spacial score (nSPS) is 15.3. The van der Waals surface area contributed by atoms with Crippen molar-refractivity contribution in [3.8, 4) is 11.1 Å². The van der Waals surface area contributed by atoms with Crippen LogP contribution in [0.3, 0.4) is 0 Å². The van der Waals surface area contributed by atoms with Crippen molar-refractivity contribution >= 4 is 16.9 Å². The Morgan fingerprint density at radius 1 is 1.03 bits per heavy atom. The second kappa shape index (κ2) is 8.70. The summed E-state index contributed by atoms with van der Waals surface area (Å²) in [5.41, 5.74) is 4.46. The number of carbonyl (C=O) groups is 1. The van der Waals surface area contributed by atoms with Gasteiger partial charge in [0.15, 0.2) is 0 Å². The number of amides is 1. The molecular formula is C27H32N2O2. The van der Waals surface area contributed by atoms with Gasteiger partial charge in [0, 0.05) is 30.4 Å². The quantitative estimate of drug-likeness (QED) is 0.496. The van der Waals surface area contributed by atoms with Crippen molar-refractivity contribution in [1.82, 2.24) is 9.88 Å². The van der Waals surface area contributed by atoms with Gasteiger partial charge in [-0.15, -0.1) is 0 Å². The smallest absolute Gasteiger partial charge is 0.410 e. The van der Waals surface area contributed by atoms with E-state index in [-0.39, 0.29) is 6.09 Å². The third-order valence-electron chi connectivity index (χ3n) is 6.04. The first-order chi connectivity index (χ1) is 14.8. The number of aromatic nitrogens is 1. The number of nitrogens with zero attached hydrogens (tertiary/aromatic N) is 2. The van der Waals surface area contributed by atoms with Crippen LogP contribution in [-0.2, 0) is 11.2 Å². The lowest BCUT2D eigenvalue weighted by molar-refractivity contribution is 0.0184. The standard InChI is InChI=1S/C27H32N2O2/c1-19-25-10-9-23(18-24(25)11-14-28-19)22-7-5-20(6-8-22)17-21-12-15-29(16-13-21)26(30)31-27(2,3)4/h5-11,14,18,21H,12-13,15-17H2,1-4H3. The number of fused-ring (bicyclic) bond motifs is 1. The van der Waals surface area contributed by atoms with Gasteiger partial charge in [0.25, 0.3) is 0 Å². The summed E-state index contributed by atoms with van der Waals surface area (Å²) in [6.45, 7) is 9.35. The zero-order chi connectivity index (χ0) is 22.0. The lowest BCUT2D eigenvalue weighted by atomic mass is 9.89. The predicted octanol–water partition coefficient (Wildman–Crippen LogP) is 6.40. The van der Waals surface area contributed by atoms with E-state index in [1.165, 1.54) is 27.5 Å². The van der Waals surface area contributed by atoms with Crippen molar-refractivity contribution in [2.45, 2.75) is 52.6 Å². The zero-order valence-corrected chi connectivity index (χ0v) is 19.0. The Kier molecular flexibility index (Phi) is 5.99. The van der Waals surface area contributed by atoms with Crippen molar-refractivity contribution in [3.63, 3.8) is 0 Å². The molecule has 4 nitrogen and oxygen atoms in total. The molecule has 1 saturated heterocycles. The minimum atomic E-state index is -0.434. The predicted molar refractivity (Wildman–Crippen MR) is 126 cm³/mol. The molecule has 4 rings (SSSR count). The molecule has 1 fully saturated rings. The molecule has 31 heavy (non-hydrogen) atoms. The number of aryl methyl sites for hydroxylation is 1. The molecule has 0 bridgehead atoms. The molecule has 0 atom stereocenters. The number of carbonyl (C=O) groups excluding carboxylic acids is 1. The molecule has 1 aromatic heterocycles. The third kappa shape index (κ3) is 5.25. The van der Waals surface area contributed by atoms with Gasteiger partial charge in [-0.2, -0.15) is 0 Å². The number of piperidine rings is 1. The van der Waals surface area contributed by atoms with Gasteiger partial charge in [-0.25, -0.2) is 4.79 Å². The summed E-state index contributed by atoms with van der Waals surface area (Å²) >= 11 is 0. The summed E-state index contributed by atoms with van der Waals surface area (Å²) in [4.78, 5) is 18.5. The number of likely N-dealkylation sites (tertiary alicyclic amines) is 1. The van der Waals surface area contributed by atoms with E-state index in [0.29, 0.717) is 5.92 Å². The molecule has 0 unspecified atom stereocenters. The van der Waals surface area contributed by atoms with E-state index < -0.39 is 5.60 Å². The van der Waals surface area contributed by atoms with E-state index in [9.17, 15) is 4.79 Å². The second-order valence-corrected chi connectivity index (χ2v) is 9.64. The number of pyridine rings is 1. The zero-order valence-electron chi connectivity index (χ0n) is 19.0. The maximum Gasteiger partial charge on any atom is 0.410 e. The van der Waals surface area contributed by atoms with E-state index in [0.717, 1.165) is 38.0 Å². The molecule has 2 aromatic carbocycles. The average molecular weight is 417 g/mol. The first kappa shape index (κ1) is 21.4. The maximum absolute atomic E-state index is 12.3. The van der Waals surface area contributed by atoms with Crippen LogP contribution in [-0.4, -0.2) is 34.7 Å². The average Bonchev–Trinajstić information content (AvgIpc) is 2.73. The number of ether oxygens (including phenoxy) is 1.